The first-order valence-corrected chi connectivity index (χ1v) is 6.93. The summed E-state index contributed by atoms with van der Waals surface area (Å²) < 4.78 is 0. The lowest BCUT2D eigenvalue weighted by Crippen LogP contribution is -2.31. The fourth-order valence-electron chi connectivity index (χ4n) is 2.36. The molecule has 1 aromatic rings. The Labute approximate surface area is 110 Å². The summed E-state index contributed by atoms with van der Waals surface area (Å²) >= 11 is 0. The predicted octanol–water partition coefficient (Wildman–Crippen LogP) is 2.05. The highest BCUT2D eigenvalue weighted by molar-refractivity contribution is 5.53. The molecule has 0 saturated carbocycles. The fraction of sp³-hybridized carbons (Fsp3) is 0.643. The van der Waals surface area contributed by atoms with Crippen LogP contribution in [0.1, 0.15) is 19.8 Å². The van der Waals surface area contributed by atoms with Gasteiger partial charge in [-0.3, -0.25) is 0 Å². The number of rotatable bonds is 6. The monoisotopic (exact) mass is 248 g/mol. The molecule has 0 spiro atoms. The first kappa shape index (κ1) is 13.1. The second-order valence-electron chi connectivity index (χ2n) is 4.90. The van der Waals surface area contributed by atoms with Crippen molar-refractivity contribution in [1.82, 2.24) is 9.88 Å². The Balaban J connectivity index is 1.86. The summed E-state index contributed by atoms with van der Waals surface area (Å²) in [7, 11) is 2.15. The number of hydrogen-bond donors (Lipinski definition) is 1. The molecule has 4 heteroatoms. The van der Waals surface area contributed by atoms with Gasteiger partial charge < -0.3 is 15.1 Å². The minimum atomic E-state index is 0.911. The molecule has 1 aromatic heterocycles. The molecule has 1 N–H and O–H groups in total. The molecule has 0 atom stereocenters. The van der Waals surface area contributed by atoms with Crippen molar-refractivity contribution >= 4 is 11.5 Å². The molecule has 0 unspecified atom stereocenters. The van der Waals surface area contributed by atoms with Crippen LogP contribution in [-0.2, 0) is 0 Å². The zero-order valence-electron chi connectivity index (χ0n) is 11.5. The highest BCUT2D eigenvalue weighted by atomic mass is 15.2. The Bertz CT molecular complexity index is 361. The van der Waals surface area contributed by atoms with Gasteiger partial charge in [0, 0.05) is 44.6 Å². The summed E-state index contributed by atoms with van der Waals surface area (Å²) in [5.41, 5.74) is 1.24. The van der Waals surface area contributed by atoms with Gasteiger partial charge in [-0.25, -0.2) is 4.98 Å². The van der Waals surface area contributed by atoms with Crippen molar-refractivity contribution in [3.8, 4) is 0 Å². The predicted molar refractivity (Wildman–Crippen MR) is 77.3 cm³/mol. The number of likely N-dealkylation sites (tertiary alicyclic amines) is 1. The second kappa shape index (κ2) is 6.59. The van der Waals surface area contributed by atoms with Crippen LogP contribution >= 0.6 is 0 Å². The van der Waals surface area contributed by atoms with E-state index in [1.807, 2.05) is 6.20 Å². The van der Waals surface area contributed by atoms with Gasteiger partial charge in [-0.05, 0) is 38.9 Å². The smallest absolute Gasteiger partial charge is 0.127 e. The Morgan fingerprint density at radius 1 is 1.39 bits per heavy atom. The number of likely N-dealkylation sites (N-methyl/N-ethyl adjacent to an activating group) is 1. The van der Waals surface area contributed by atoms with E-state index in [0.717, 1.165) is 25.5 Å². The Kier molecular flexibility index (Phi) is 4.81. The van der Waals surface area contributed by atoms with Crippen LogP contribution in [0.4, 0.5) is 11.5 Å². The number of nitrogens with zero attached hydrogens (tertiary/aromatic N) is 3. The standard InChI is InChI=1S/C14H24N4/c1-3-15-14-12-13(6-7-16-14)17(2)10-11-18-8-4-5-9-18/h6-7,12H,3-5,8-11H2,1-2H3,(H,15,16). The molecule has 2 heterocycles. The van der Waals surface area contributed by atoms with E-state index in [1.54, 1.807) is 0 Å². The van der Waals surface area contributed by atoms with Gasteiger partial charge in [-0.15, -0.1) is 0 Å². The van der Waals surface area contributed by atoms with Crippen molar-refractivity contribution in [2.75, 3.05) is 50.0 Å². The maximum absolute atomic E-state index is 4.30. The maximum atomic E-state index is 4.30. The van der Waals surface area contributed by atoms with Crippen molar-refractivity contribution in [2.24, 2.45) is 0 Å². The minimum absolute atomic E-state index is 0.911. The average molecular weight is 248 g/mol. The first-order valence-electron chi connectivity index (χ1n) is 6.93. The molecule has 18 heavy (non-hydrogen) atoms. The lowest BCUT2D eigenvalue weighted by Gasteiger charge is -2.23. The van der Waals surface area contributed by atoms with Crippen LogP contribution < -0.4 is 10.2 Å². The minimum Gasteiger partial charge on any atom is -0.373 e. The van der Waals surface area contributed by atoms with Crippen LogP contribution in [0.15, 0.2) is 18.3 Å². The molecule has 1 aliphatic rings. The molecular weight excluding hydrogens is 224 g/mol. The van der Waals surface area contributed by atoms with Crippen LogP contribution in [0, 0.1) is 0 Å². The number of pyridine rings is 1. The SMILES string of the molecule is CCNc1cc(N(C)CCN2CCCC2)ccn1. The van der Waals surface area contributed by atoms with Crippen LogP contribution in [0.2, 0.25) is 0 Å². The number of aromatic nitrogens is 1. The normalized spacial score (nSPS) is 15.9. The maximum Gasteiger partial charge on any atom is 0.127 e. The van der Waals surface area contributed by atoms with Gasteiger partial charge in [0.15, 0.2) is 0 Å². The van der Waals surface area contributed by atoms with E-state index in [-0.39, 0.29) is 0 Å². The second-order valence-corrected chi connectivity index (χ2v) is 4.90. The summed E-state index contributed by atoms with van der Waals surface area (Å²) in [6.07, 6.45) is 4.60. The largest absolute Gasteiger partial charge is 0.373 e. The Morgan fingerprint density at radius 3 is 2.89 bits per heavy atom. The highest BCUT2D eigenvalue weighted by Crippen LogP contribution is 2.16. The van der Waals surface area contributed by atoms with Crippen molar-refractivity contribution in [1.29, 1.82) is 0 Å². The Morgan fingerprint density at radius 2 is 2.17 bits per heavy atom. The highest BCUT2D eigenvalue weighted by Gasteiger charge is 2.12. The van der Waals surface area contributed by atoms with Crippen molar-refractivity contribution in [3.05, 3.63) is 18.3 Å². The van der Waals surface area contributed by atoms with Crippen LogP contribution in [0.25, 0.3) is 0 Å². The van der Waals surface area contributed by atoms with Crippen molar-refractivity contribution < 1.29 is 0 Å². The number of nitrogens with one attached hydrogen (secondary N) is 1. The van der Waals surface area contributed by atoms with E-state index in [4.69, 9.17) is 0 Å². The van der Waals surface area contributed by atoms with E-state index >= 15 is 0 Å². The summed E-state index contributed by atoms with van der Waals surface area (Å²) in [5, 5.41) is 3.25. The third kappa shape index (κ3) is 3.60. The molecule has 1 fully saturated rings. The first-order chi connectivity index (χ1) is 8.79. The molecule has 0 bridgehead atoms. The third-order valence-electron chi connectivity index (χ3n) is 3.49. The quantitative estimate of drug-likeness (QED) is 0.835. The summed E-state index contributed by atoms with van der Waals surface area (Å²) in [6, 6.07) is 4.19. The van der Waals surface area contributed by atoms with Gasteiger partial charge >= 0.3 is 0 Å². The molecule has 0 aromatic carbocycles. The molecule has 0 aliphatic carbocycles. The summed E-state index contributed by atoms with van der Waals surface area (Å²) in [4.78, 5) is 9.15. The lowest BCUT2D eigenvalue weighted by molar-refractivity contribution is 0.346. The van der Waals surface area contributed by atoms with Gasteiger partial charge in [0.1, 0.15) is 5.82 Å². The van der Waals surface area contributed by atoms with Gasteiger partial charge in [-0.1, -0.05) is 0 Å². The molecular formula is C14H24N4. The van der Waals surface area contributed by atoms with Crippen molar-refractivity contribution in [3.63, 3.8) is 0 Å². The summed E-state index contributed by atoms with van der Waals surface area (Å²) in [5.74, 6) is 0.961. The summed E-state index contributed by atoms with van der Waals surface area (Å²) in [6.45, 7) is 7.78. The van der Waals surface area contributed by atoms with E-state index in [9.17, 15) is 0 Å². The van der Waals surface area contributed by atoms with Gasteiger partial charge in [0.05, 0.1) is 0 Å². The number of anilines is 2. The van der Waals surface area contributed by atoms with Crippen LogP contribution in [0.3, 0.4) is 0 Å². The number of hydrogen-bond acceptors (Lipinski definition) is 4. The average Bonchev–Trinajstić information content (AvgIpc) is 2.90. The molecule has 4 nitrogen and oxygen atoms in total. The zero-order valence-corrected chi connectivity index (χ0v) is 11.5. The topological polar surface area (TPSA) is 31.4 Å². The lowest BCUT2D eigenvalue weighted by atomic mass is 10.3. The zero-order chi connectivity index (χ0) is 12.8. The molecule has 0 radical (unpaired) electrons. The molecule has 0 amide bonds. The van der Waals surface area contributed by atoms with E-state index in [1.165, 1.54) is 31.6 Å². The molecule has 1 aliphatic heterocycles. The third-order valence-corrected chi connectivity index (χ3v) is 3.49. The van der Waals surface area contributed by atoms with E-state index < -0.39 is 0 Å². The Hall–Kier alpha value is -1.29. The van der Waals surface area contributed by atoms with Crippen LogP contribution in [0.5, 0.6) is 0 Å². The van der Waals surface area contributed by atoms with Gasteiger partial charge in [0.2, 0.25) is 0 Å². The van der Waals surface area contributed by atoms with Gasteiger partial charge in [-0.2, -0.15) is 0 Å². The van der Waals surface area contributed by atoms with E-state index in [2.05, 4.69) is 46.2 Å². The van der Waals surface area contributed by atoms with Crippen molar-refractivity contribution in [2.45, 2.75) is 19.8 Å². The molecule has 1 saturated heterocycles. The van der Waals surface area contributed by atoms with E-state index in [0.29, 0.717) is 0 Å². The van der Waals surface area contributed by atoms with Crippen LogP contribution in [-0.4, -0.2) is 49.7 Å². The molecule has 2 rings (SSSR count). The van der Waals surface area contributed by atoms with Gasteiger partial charge in [0.25, 0.3) is 0 Å². The fourth-order valence-corrected chi connectivity index (χ4v) is 2.36. The molecule has 100 valence electrons.